The van der Waals surface area contributed by atoms with E-state index in [1.807, 2.05) is 0 Å². The number of ether oxygens (including phenoxy) is 1. The monoisotopic (exact) mass is 412 g/mol. The molecule has 3 rings (SSSR count). The van der Waals surface area contributed by atoms with Gasteiger partial charge in [0, 0.05) is 5.56 Å². The van der Waals surface area contributed by atoms with Gasteiger partial charge in [0.25, 0.3) is 0 Å². The molecule has 3 atom stereocenters. The summed E-state index contributed by atoms with van der Waals surface area (Å²) in [5.74, 6) is -3.74. The van der Waals surface area contributed by atoms with Crippen molar-refractivity contribution in [3.05, 3.63) is 65.5 Å². The SMILES string of the molecule is COc1cccc([C@@H]2NC(=O)N[C@](O)(C(F)(F)F)[C@@H]2C(=O)c2ccc(F)cc2)c1. The minimum absolute atomic E-state index is 0.113. The minimum atomic E-state index is -5.37. The molecule has 2 aromatic carbocycles. The van der Waals surface area contributed by atoms with Gasteiger partial charge in [-0.3, -0.25) is 4.79 Å². The summed E-state index contributed by atoms with van der Waals surface area (Å²) >= 11 is 0. The highest BCUT2D eigenvalue weighted by Crippen LogP contribution is 2.44. The van der Waals surface area contributed by atoms with Crippen LogP contribution in [0, 0.1) is 11.7 Å². The van der Waals surface area contributed by atoms with E-state index in [2.05, 4.69) is 5.32 Å². The molecule has 1 aliphatic rings. The van der Waals surface area contributed by atoms with Gasteiger partial charge in [0.2, 0.25) is 5.72 Å². The Bertz CT molecular complexity index is 933. The predicted molar refractivity (Wildman–Crippen MR) is 92.6 cm³/mol. The Labute approximate surface area is 162 Å². The number of halogens is 4. The first-order valence-electron chi connectivity index (χ1n) is 8.38. The van der Waals surface area contributed by atoms with E-state index in [0.29, 0.717) is 0 Å². The van der Waals surface area contributed by atoms with E-state index in [-0.39, 0.29) is 16.9 Å². The van der Waals surface area contributed by atoms with E-state index in [4.69, 9.17) is 4.74 Å². The Hall–Kier alpha value is -3.14. The number of nitrogens with one attached hydrogen (secondary N) is 2. The van der Waals surface area contributed by atoms with Crippen LogP contribution < -0.4 is 15.4 Å². The normalized spacial score (nSPS) is 24.4. The number of amides is 2. The number of urea groups is 1. The second-order valence-electron chi connectivity index (χ2n) is 6.47. The van der Waals surface area contributed by atoms with Crippen LogP contribution in [0.15, 0.2) is 48.5 Å². The number of benzene rings is 2. The summed E-state index contributed by atoms with van der Waals surface area (Å²) in [6.07, 6.45) is -5.37. The fourth-order valence-corrected chi connectivity index (χ4v) is 3.25. The predicted octanol–water partition coefficient (Wildman–Crippen LogP) is 2.94. The molecule has 0 unspecified atom stereocenters. The fourth-order valence-electron chi connectivity index (χ4n) is 3.25. The molecule has 0 saturated carbocycles. The van der Waals surface area contributed by atoms with Crippen LogP contribution >= 0.6 is 0 Å². The number of aliphatic hydroxyl groups is 1. The third-order valence-electron chi connectivity index (χ3n) is 4.67. The average molecular weight is 412 g/mol. The lowest BCUT2D eigenvalue weighted by molar-refractivity contribution is -0.287. The first-order chi connectivity index (χ1) is 13.6. The molecular weight excluding hydrogens is 396 g/mol. The largest absolute Gasteiger partial charge is 0.497 e. The summed E-state index contributed by atoms with van der Waals surface area (Å²) in [7, 11) is 1.34. The van der Waals surface area contributed by atoms with Gasteiger partial charge in [0.05, 0.1) is 13.2 Å². The second kappa shape index (κ2) is 7.36. The van der Waals surface area contributed by atoms with E-state index in [1.165, 1.54) is 36.7 Å². The Morgan fingerprint density at radius 2 is 1.83 bits per heavy atom. The summed E-state index contributed by atoms with van der Waals surface area (Å²) < 4.78 is 59.6. The molecule has 0 radical (unpaired) electrons. The first kappa shape index (κ1) is 20.6. The molecule has 0 bridgehead atoms. The van der Waals surface area contributed by atoms with Crippen molar-refractivity contribution in [3.63, 3.8) is 0 Å². The molecule has 2 aromatic rings. The standard InChI is InChI=1S/C19H16F4N2O4/c1-29-13-4-2-3-11(9-13)15-14(16(26)10-5-7-12(20)8-6-10)18(28,19(21,22)23)25-17(27)24-15/h2-9,14-15,28H,1H3,(H2,24,25,27)/t14-,15-,18+/m0/s1. The Morgan fingerprint density at radius 1 is 1.17 bits per heavy atom. The van der Waals surface area contributed by atoms with Crippen molar-refractivity contribution in [1.82, 2.24) is 10.6 Å². The third-order valence-corrected chi connectivity index (χ3v) is 4.67. The van der Waals surface area contributed by atoms with Gasteiger partial charge < -0.3 is 20.5 Å². The number of carbonyl (C=O) groups excluding carboxylic acids is 2. The lowest BCUT2D eigenvalue weighted by Crippen LogP contribution is -2.72. The second-order valence-corrected chi connectivity index (χ2v) is 6.47. The zero-order chi connectivity index (χ0) is 21.4. The van der Waals surface area contributed by atoms with Gasteiger partial charge in [0.1, 0.15) is 17.5 Å². The van der Waals surface area contributed by atoms with Crippen molar-refractivity contribution in [2.75, 3.05) is 7.11 Å². The molecule has 0 aromatic heterocycles. The molecular formula is C19H16F4N2O4. The van der Waals surface area contributed by atoms with Gasteiger partial charge in [-0.1, -0.05) is 12.1 Å². The summed E-state index contributed by atoms with van der Waals surface area (Å²) in [6.45, 7) is 0. The van der Waals surface area contributed by atoms with Gasteiger partial charge in [0.15, 0.2) is 5.78 Å². The molecule has 154 valence electrons. The lowest BCUT2D eigenvalue weighted by atomic mass is 9.77. The quantitative estimate of drug-likeness (QED) is 0.532. The maximum absolute atomic E-state index is 13.8. The summed E-state index contributed by atoms with van der Waals surface area (Å²) in [4.78, 5) is 25.0. The number of Topliss-reactive ketones (excluding diaryl/α,β-unsaturated/α-hetero) is 1. The summed E-state index contributed by atoms with van der Waals surface area (Å²) in [5, 5.41) is 14.1. The molecule has 0 aliphatic carbocycles. The van der Waals surface area contributed by atoms with Gasteiger partial charge >= 0.3 is 12.2 Å². The highest BCUT2D eigenvalue weighted by atomic mass is 19.4. The maximum Gasteiger partial charge on any atom is 0.437 e. The van der Waals surface area contributed by atoms with Crippen molar-refractivity contribution in [1.29, 1.82) is 0 Å². The molecule has 29 heavy (non-hydrogen) atoms. The van der Waals surface area contributed by atoms with Gasteiger partial charge in [-0.2, -0.15) is 13.2 Å². The first-order valence-corrected chi connectivity index (χ1v) is 8.38. The van der Waals surface area contributed by atoms with Gasteiger partial charge in [-0.05, 0) is 42.0 Å². The number of carbonyl (C=O) groups is 2. The third kappa shape index (κ3) is 3.75. The maximum atomic E-state index is 13.8. The average Bonchev–Trinajstić information content (AvgIpc) is 2.66. The Kier molecular flexibility index (Phi) is 5.22. The number of methoxy groups -OCH3 is 1. The molecule has 1 heterocycles. The smallest absolute Gasteiger partial charge is 0.437 e. The van der Waals surface area contributed by atoms with E-state index >= 15 is 0 Å². The Balaban J connectivity index is 2.16. The molecule has 6 nitrogen and oxygen atoms in total. The number of rotatable bonds is 4. The van der Waals surface area contributed by atoms with Crippen LogP contribution in [-0.4, -0.2) is 35.9 Å². The van der Waals surface area contributed by atoms with E-state index in [1.54, 1.807) is 0 Å². The molecule has 1 saturated heterocycles. The number of alkyl halides is 3. The van der Waals surface area contributed by atoms with Crippen molar-refractivity contribution in [2.45, 2.75) is 17.9 Å². The van der Waals surface area contributed by atoms with E-state index in [9.17, 15) is 32.3 Å². The summed E-state index contributed by atoms with van der Waals surface area (Å²) in [5.41, 5.74) is -4.00. The molecule has 2 amide bonds. The minimum Gasteiger partial charge on any atom is -0.497 e. The molecule has 1 aliphatic heterocycles. The molecule has 3 N–H and O–H groups in total. The number of hydrogen-bond acceptors (Lipinski definition) is 4. The number of ketones is 1. The van der Waals surface area contributed by atoms with Crippen LogP contribution in [0.2, 0.25) is 0 Å². The van der Waals surface area contributed by atoms with Crippen molar-refractivity contribution in [2.24, 2.45) is 5.92 Å². The highest BCUT2D eigenvalue weighted by molar-refractivity contribution is 6.00. The van der Waals surface area contributed by atoms with Crippen LogP contribution in [0.4, 0.5) is 22.4 Å². The lowest BCUT2D eigenvalue weighted by Gasteiger charge is -2.45. The molecule has 0 spiro atoms. The van der Waals surface area contributed by atoms with Gasteiger partial charge in [-0.25, -0.2) is 9.18 Å². The fraction of sp³-hybridized carbons (Fsp3) is 0.263. The van der Waals surface area contributed by atoms with Crippen LogP contribution in [-0.2, 0) is 0 Å². The Morgan fingerprint density at radius 3 is 2.41 bits per heavy atom. The van der Waals surface area contributed by atoms with Crippen molar-refractivity contribution < 1.29 is 37.0 Å². The highest BCUT2D eigenvalue weighted by Gasteiger charge is 2.66. The van der Waals surface area contributed by atoms with E-state index < -0.39 is 41.5 Å². The van der Waals surface area contributed by atoms with Crippen molar-refractivity contribution >= 4 is 11.8 Å². The van der Waals surface area contributed by atoms with Crippen LogP contribution in [0.5, 0.6) is 5.75 Å². The number of hydrogen-bond donors (Lipinski definition) is 3. The topological polar surface area (TPSA) is 87.7 Å². The van der Waals surface area contributed by atoms with Crippen molar-refractivity contribution in [3.8, 4) is 5.75 Å². The van der Waals surface area contributed by atoms with Crippen LogP contribution in [0.25, 0.3) is 0 Å². The molecule has 10 heteroatoms. The van der Waals surface area contributed by atoms with E-state index in [0.717, 1.165) is 24.3 Å². The van der Waals surface area contributed by atoms with Gasteiger partial charge in [-0.15, -0.1) is 0 Å². The summed E-state index contributed by atoms with van der Waals surface area (Å²) in [6, 6.07) is 6.72. The van der Waals surface area contributed by atoms with Crippen LogP contribution in [0.1, 0.15) is 22.0 Å². The zero-order valence-corrected chi connectivity index (χ0v) is 15.0. The van der Waals surface area contributed by atoms with Crippen LogP contribution in [0.3, 0.4) is 0 Å². The zero-order valence-electron chi connectivity index (χ0n) is 15.0. The molecule has 1 fully saturated rings.